The van der Waals surface area contributed by atoms with Gasteiger partial charge in [-0.1, -0.05) is 42.0 Å². The van der Waals surface area contributed by atoms with Crippen LogP contribution in [0.15, 0.2) is 42.5 Å². The number of phenols is 1. The number of hydrogen-bond donors (Lipinski definition) is 2. The quantitative estimate of drug-likeness (QED) is 0.793. The second-order valence-electron chi connectivity index (χ2n) is 7.96. The topological polar surface area (TPSA) is 58.6 Å². The molecule has 2 aromatic rings. The summed E-state index contributed by atoms with van der Waals surface area (Å²) >= 11 is 0. The van der Waals surface area contributed by atoms with E-state index in [1.54, 1.807) is 12.1 Å². The monoisotopic (exact) mass is 365 g/mol. The summed E-state index contributed by atoms with van der Waals surface area (Å²) in [6, 6.07) is 13.3. The van der Waals surface area contributed by atoms with Gasteiger partial charge in [-0.2, -0.15) is 0 Å². The van der Waals surface area contributed by atoms with Crippen LogP contribution in [0.3, 0.4) is 0 Å². The molecule has 0 aromatic heterocycles. The normalized spacial score (nSPS) is 24.0. The van der Waals surface area contributed by atoms with Gasteiger partial charge in [0.05, 0.1) is 13.0 Å². The Morgan fingerprint density at radius 2 is 1.81 bits per heavy atom. The van der Waals surface area contributed by atoms with Gasteiger partial charge in [-0.15, -0.1) is 0 Å². The number of carbonyl (C=O) groups is 1. The Hall–Kier alpha value is -2.33. The summed E-state index contributed by atoms with van der Waals surface area (Å²) in [5.41, 5.74) is 3.60. The van der Waals surface area contributed by atoms with E-state index in [1.807, 2.05) is 37.3 Å². The van der Waals surface area contributed by atoms with Gasteiger partial charge in [0.25, 0.3) is 0 Å². The van der Waals surface area contributed by atoms with Gasteiger partial charge in [0.1, 0.15) is 5.75 Å². The Morgan fingerprint density at radius 1 is 1.11 bits per heavy atom. The van der Waals surface area contributed by atoms with Gasteiger partial charge in [0.15, 0.2) is 0 Å². The van der Waals surface area contributed by atoms with E-state index in [4.69, 9.17) is 4.74 Å². The maximum absolute atomic E-state index is 12.5. The van der Waals surface area contributed by atoms with Crippen molar-refractivity contribution in [1.82, 2.24) is 5.32 Å². The van der Waals surface area contributed by atoms with E-state index in [0.717, 1.165) is 35.3 Å². The van der Waals surface area contributed by atoms with E-state index < -0.39 is 0 Å². The van der Waals surface area contributed by atoms with Gasteiger partial charge in [-0.3, -0.25) is 4.79 Å². The Bertz CT molecular complexity index is 799. The fraction of sp³-hybridized carbons (Fsp3) is 0.435. The van der Waals surface area contributed by atoms with Crippen LogP contribution in [-0.4, -0.2) is 30.8 Å². The van der Waals surface area contributed by atoms with E-state index in [-0.39, 0.29) is 18.1 Å². The lowest BCUT2D eigenvalue weighted by Crippen LogP contribution is -2.40. The number of benzene rings is 2. The van der Waals surface area contributed by atoms with Gasteiger partial charge >= 0.3 is 5.97 Å². The van der Waals surface area contributed by atoms with Crippen molar-refractivity contribution in [3.8, 4) is 16.9 Å². The SMILES string of the molecule is Cc1ccc(-c2c(O)cccc2CC(=O)OCC2C3CCC2CNC3)cc1. The highest BCUT2D eigenvalue weighted by molar-refractivity contribution is 5.80. The van der Waals surface area contributed by atoms with Crippen LogP contribution in [0.2, 0.25) is 0 Å². The number of ether oxygens (including phenoxy) is 1. The first-order valence-electron chi connectivity index (χ1n) is 9.86. The molecule has 2 N–H and O–H groups in total. The maximum Gasteiger partial charge on any atom is 0.310 e. The number of fused-ring (bicyclic) bond motifs is 2. The number of esters is 1. The van der Waals surface area contributed by atoms with Crippen LogP contribution in [0, 0.1) is 24.7 Å². The first kappa shape index (κ1) is 18.1. The van der Waals surface area contributed by atoms with Crippen LogP contribution in [0.25, 0.3) is 11.1 Å². The Labute approximate surface area is 160 Å². The maximum atomic E-state index is 12.5. The molecule has 4 heteroatoms. The van der Waals surface area contributed by atoms with E-state index in [9.17, 15) is 9.90 Å². The summed E-state index contributed by atoms with van der Waals surface area (Å²) in [5.74, 6) is 1.75. The number of aromatic hydroxyl groups is 1. The molecule has 4 nitrogen and oxygen atoms in total. The lowest BCUT2D eigenvalue weighted by molar-refractivity contribution is -0.145. The number of rotatable bonds is 5. The summed E-state index contributed by atoms with van der Waals surface area (Å²) < 4.78 is 5.67. The minimum Gasteiger partial charge on any atom is -0.507 e. The summed E-state index contributed by atoms with van der Waals surface area (Å²) in [4.78, 5) is 12.5. The molecule has 2 unspecified atom stereocenters. The van der Waals surface area contributed by atoms with Crippen molar-refractivity contribution in [2.24, 2.45) is 17.8 Å². The van der Waals surface area contributed by atoms with Crippen LogP contribution >= 0.6 is 0 Å². The second-order valence-corrected chi connectivity index (χ2v) is 7.96. The molecule has 4 rings (SSSR count). The third-order valence-corrected chi connectivity index (χ3v) is 6.17. The highest BCUT2D eigenvalue weighted by Crippen LogP contribution is 2.39. The van der Waals surface area contributed by atoms with Crippen LogP contribution in [0.1, 0.15) is 24.0 Å². The molecule has 2 bridgehead atoms. The largest absolute Gasteiger partial charge is 0.507 e. The first-order valence-corrected chi connectivity index (χ1v) is 9.86. The number of hydrogen-bond acceptors (Lipinski definition) is 4. The fourth-order valence-corrected chi connectivity index (χ4v) is 4.66. The molecule has 1 saturated carbocycles. The zero-order valence-corrected chi connectivity index (χ0v) is 15.8. The molecule has 0 spiro atoms. The molecular formula is C23H27NO3. The average molecular weight is 365 g/mol. The molecule has 0 amide bonds. The number of nitrogens with one attached hydrogen (secondary N) is 1. The standard InChI is InChI=1S/C23H27NO3/c1-15-5-7-16(8-6-15)23-17(3-2-4-21(23)25)11-22(26)27-14-20-18-9-10-19(20)13-24-12-18/h2-8,18-20,24-25H,9-14H2,1H3. The number of aryl methyl sites for hydroxylation is 1. The Morgan fingerprint density at radius 3 is 2.52 bits per heavy atom. The smallest absolute Gasteiger partial charge is 0.310 e. The predicted octanol–water partition coefficient (Wildman–Crippen LogP) is 3.70. The van der Waals surface area contributed by atoms with Crippen LogP contribution in [0.4, 0.5) is 0 Å². The zero-order chi connectivity index (χ0) is 18.8. The molecule has 2 aromatic carbocycles. The molecule has 142 valence electrons. The lowest BCUT2D eigenvalue weighted by Gasteiger charge is -2.30. The van der Waals surface area contributed by atoms with Gasteiger partial charge in [0, 0.05) is 11.5 Å². The highest BCUT2D eigenvalue weighted by Gasteiger charge is 2.39. The average Bonchev–Trinajstić information content (AvgIpc) is 2.87. The Balaban J connectivity index is 1.45. The van der Waals surface area contributed by atoms with E-state index in [0.29, 0.717) is 24.4 Å². The summed E-state index contributed by atoms with van der Waals surface area (Å²) in [6.07, 6.45) is 2.66. The van der Waals surface area contributed by atoms with Crippen molar-refractivity contribution in [1.29, 1.82) is 0 Å². The molecule has 2 aliphatic rings. The van der Waals surface area contributed by atoms with Crippen molar-refractivity contribution >= 4 is 5.97 Å². The van der Waals surface area contributed by atoms with Crippen LogP contribution < -0.4 is 5.32 Å². The van der Waals surface area contributed by atoms with E-state index in [1.165, 1.54) is 12.8 Å². The molecule has 2 fully saturated rings. The third-order valence-electron chi connectivity index (χ3n) is 6.17. The van der Waals surface area contributed by atoms with Gasteiger partial charge in [-0.05, 0) is 61.9 Å². The first-order chi connectivity index (χ1) is 13.1. The van der Waals surface area contributed by atoms with Crippen molar-refractivity contribution in [2.75, 3.05) is 19.7 Å². The van der Waals surface area contributed by atoms with Crippen LogP contribution in [0.5, 0.6) is 5.75 Å². The zero-order valence-electron chi connectivity index (χ0n) is 15.8. The highest BCUT2D eigenvalue weighted by atomic mass is 16.5. The predicted molar refractivity (Wildman–Crippen MR) is 106 cm³/mol. The third kappa shape index (κ3) is 3.86. The summed E-state index contributed by atoms with van der Waals surface area (Å²) in [5, 5.41) is 13.9. The lowest BCUT2D eigenvalue weighted by atomic mass is 9.87. The van der Waals surface area contributed by atoms with Crippen molar-refractivity contribution in [3.05, 3.63) is 53.6 Å². The minimum absolute atomic E-state index is 0.178. The van der Waals surface area contributed by atoms with Gasteiger partial charge in [-0.25, -0.2) is 0 Å². The van der Waals surface area contributed by atoms with Gasteiger partial charge in [0.2, 0.25) is 0 Å². The molecule has 1 aliphatic carbocycles. The van der Waals surface area contributed by atoms with E-state index in [2.05, 4.69) is 5.32 Å². The Kier molecular flexibility index (Phi) is 5.17. The summed E-state index contributed by atoms with van der Waals surface area (Å²) in [6.45, 7) is 4.64. The van der Waals surface area contributed by atoms with Crippen molar-refractivity contribution in [3.63, 3.8) is 0 Å². The fourth-order valence-electron chi connectivity index (χ4n) is 4.66. The molecule has 2 atom stereocenters. The molecule has 1 aliphatic heterocycles. The molecule has 27 heavy (non-hydrogen) atoms. The van der Waals surface area contributed by atoms with Crippen molar-refractivity contribution < 1.29 is 14.6 Å². The number of carbonyl (C=O) groups excluding carboxylic acids is 1. The number of piperidine rings is 1. The molecule has 1 heterocycles. The number of phenolic OH excluding ortho intramolecular Hbond substituents is 1. The molecule has 0 radical (unpaired) electrons. The molecular weight excluding hydrogens is 338 g/mol. The second kappa shape index (κ2) is 7.73. The molecule has 1 saturated heterocycles. The van der Waals surface area contributed by atoms with Crippen LogP contribution in [-0.2, 0) is 16.0 Å². The van der Waals surface area contributed by atoms with E-state index >= 15 is 0 Å². The summed E-state index contributed by atoms with van der Waals surface area (Å²) in [7, 11) is 0. The van der Waals surface area contributed by atoms with Gasteiger partial charge < -0.3 is 15.2 Å². The van der Waals surface area contributed by atoms with Crippen molar-refractivity contribution in [2.45, 2.75) is 26.2 Å². The minimum atomic E-state index is -0.216.